The molecule has 2 aromatic heterocycles. The fraction of sp³-hybridized carbons (Fsp3) is 0.273. The van der Waals surface area contributed by atoms with Crippen LogP contribution >= 0.6 is 0 Å². The van der Waals surface area contributed by atoms with Crippen LogP contribution in [-0.2, 0) is 6.54 Å². The smallest absolute Gasteiger partial charge is 0.143 e. The number of rotatable bonds is 3. The maximum Gasteiger partial charge on any atom is 0.143 e. The molecule has 0 aliphatic heterocycles. The third kappa shape index (κ3) is 2.36. The van der Waals surface area contributed by atoms with Gasteiger partial charge >= 0.3 is 0 Å². The molecule has 2 heterocycles. The average Bonchev–Trinajstić information content (AvgIpc) is 2.56. The van der Waals surface area contributed by atoms with Crippen molar-refractivity contribution in [3.63, 3.8) is 0 Å². The molecule has 2 rings (SSSR count). The summed E-state index contributed by atoms with van der Waals surface area (Å²) in [7, 11) is 0. The van der Waals surface area contributed by atoms with Gasteiger partial charge in [-0.05, 0) is 13.8 Å². The summed E-state index contributed by atoms with van der Waals surface area (Å²) in [4.78, 5) is 11.2. The highest BCUT2D eigenvalue weighted by atomic mass is 19.1. The van der Waals surface area contributed by atoms with Crippen molar-refractivity contribution in [2.75, 3.05) is 5.32 Å². The second-order valence-electron chi connectivity index (χ2n) is 3.64. The second kappa shape index (κ2) is 4.30. The molecule has 0 amide bonds. The van der Waals surface area contributed by atoms with Crippen molar-refractivity contribution < 1.29 is 4.39 Å². The second-order valence-corrected chi connectivity index (χ2v) is 3.64. The van der Waals surface area contributed by atoms with Crippen LogP contribution < -0.4 is 5.32 Å². The lowest BCUT2D eigenvalue weighted by Gasteiger charge is -2.03. The van der Waals surface area contributed by atoms with E-state index in [0.29, 0.717) is 12.2 Å². The number of pyridine rings is 1. The summed E-state index contributed by atoms with van der Waals surface area (Å²) in [5, 5.41) is 3.05. The highest BCUT2D eigenvalue weighted by Crippen LogP contribution is 2.09. The van der Waals surface area contributed by atoms with Crippen molar-refractivity contribution in [1.29, 1.82) is 0 Å². The molecule has 0 unspecified atom stereocenters. The number of anilines is 1. The molecule has 0 fully saturated rings. The Morgan fingerprint density at radius 3 is 2.81 bits per heavy atom. The van der Waals surface area contributed by atoms with Gasteiger partial charge in [-0.2, -0.15) is 0 Å². The minimum Gasteiger partial charge on any atom is -0.376 e. The summed E-state index contributed by atoms with van der Waals surface area (Å²) in [5.74, 6) is 0.482. The molecule has 0 saturated carbocycles. The van der Waals surface area contributed by atoms with Gasteiger partial charge in [0.15, 0.2) is 0 Å². The third-order valence-electron chi connectivity index (χ3n) is 2.34. The predicted molar refractivity (Wildman–Crippen MR) is 59.6 cm³/mol. The molecule has 0 aliphatic carbocycles. The molecule has 4 nitrogen and oxygen atoms in total. The molecular weight excluding hydrogens is 207 g/mol. The van der Waals surface area contributed by atoms with E-state index in [0.717, 1.165) is 17.2 Å². The van der Waals surface area contributed by atoms with E-state index in [1.54, 1.807) is 6.20 Å². The fourth-order valence-corrected chi connectivity index (χ4v) is 1.40. The summed E-state index contributed by atoms with van der Waals surface area (Å²) in [6.07, 6.45) is 2.75. The van der Waals surface area contributed by atoms with Crippen molar-refractivity contribution in [2.45, 2.75) is 20.4 Å². The van der Waals surface area contributed by atoms with E-state index in [-0.39, 0.29) is 5.82 Å². The molecule has 0 spiro atoms. The van der Waals surface area contributed by atoms with E-state index in [4.69, 9.17) is 0 Å². The van der Waals surface area contributed by atoms with E-state index in [2.05, 4.69) is 20.3 Å². The number of H-pyrrole nitrogens is 1. The number of hydrogen-bond donors (Lipinski definition) is 2. The largest absolute Gasteiger partial charge is 0.376 e. The third-order valence-corrected chi connectivity index (χ3v) is 2.34. The maximum absolute atomic E-state index is 12.8. The molecule has 84 valence electrons. The van der Waals surface area contributed by atoms with Crippen molar-refractivity contribution >= 4 is 5.69 Å². The normalized spacial score (nSPS) is 10.4. The quantitative estimate of drug-likeness (QED) is 0.833. The summed E-state index contributed by atoms with van der Waals surface area (Å²) in [6.45, 7) is 4.44. The summed E-state index contributed by atoms with van der Waals surface area (Å²) in [5.41, 5.74) is 2.68. The van der Waals surface area contributed by atoms with Crippen LogP contribution in [-0.4, -0.2) is 15.0 Å². The Labute approximate surface area is 92.9 Å². The van der Waals surface area contributed by atoms with Gasteiger partial charge in [-0.3, -0.25) is 4.98 Å². The van der Waals surface area contributed by atoms with Gasteiger partial charge in [-0.15, -0.1) is 0 Å². The molecule has 0 radical (unpaired) electrons. The Morgan fingerprint density at radius 1 is 1.38 bits per heavy atom. The van der Waals surface area contributed by atoms with Crippen molar-refractivity contribution in [3.8, 4) is 0 Å². The van der Waals surface area contributed by atoms with Gasteiger partial charge in [0.1, 0.15) is 11.6 Å². The van der Waals surface area contributed by atoms with Gasteiger partial charge in [0.25, 0.3) is 0 Å². The van der Waals surface area contributed by atoms with Gasteiger partial charge in [0, 0.05) is 11.8 Å². The van der Waals surface area contributed by atoms with E-state index in [1.165, 1.54) is 12.3 Å². The van der Waals surface area contributed by atoms with Crippen LogP contribution in [0.3, 0.4) is 0 Å². The van der Waals surface area contributed by atoms with Gasteiger partial charge in [-0.1, -0.05) is 0 Å². The number of nitrogens with one attached hydrogen (secondary N) is 2. The van der Waals surface area contributed by atoms with Crippen LogP contribution in [0.25, 0.3) is 0 Å². The molecule has 2 N–H and O–H groups in total. The summed E-state index contributed by atoms with van der Waals surface area (Å²) in [6, 6.07) is 1.40. The van der Waals surface area contributed by atoms with Crippen molar-refractivity contribution in [3.05, 3.63) is 41.5 Å². The molecule has 0 saturated heterocycles. The topological polar surface area (TPSA) is 53.6 Å². The first-order valence-electron chi connectivity index (χ1n) is 5.01. The van der Waals surface area contributed by atoms with E-state index in [9.17, 15) is 4.39 Å². The number of halogens is 1. The number of nitrogens with zero attached hydrogens (tertiary/aromatic N) is 2. The summed E-state index contributed by atoms with van der Waals surface area (Å²) >= 11 is 0. The highest BCUT2D eigenvalue weighted by Gasteiger charge is 2.02. The average molecular weight is 220 g/mol. The Kier molecular flexibility index (Phi) is 2.85. The lowest BCUT2D eigenvalue weighted by Crippen LogP contribution is -2.02. The number of hydrogen-bond acceptors (Lipinski definition) is 3. The number of aromatic amines is 1. The van der Waals surface area contributed by atoms with Crippen LogP contribution in [0, 0.1) is 19.7 Å². The van der Waals surface area contributed by atoms with E-state index < -0.39 is 0 Å². The Balaban J connectivity index is 2.02. The van der Waals surface area contributed by atoms with Crippen molar-refractivity contribution in [2.24, 2.45) is 0 Å². The Bertz CT molecular complexity index is 473. The van der Waals surface area contributed by atoms with E-state index in [1.807, 2.05) is 13.8 Å². The van der Waals surface area contributed by atoms with Gasteiger partial charge in [-0.25, -0.2) is 9.37 Å². The van der Waals surface area contributed by atoms with Crippen LogP contribution in [0.2, 0.25) is 0 Å². The number of aryl methyl sites for hydroxylation is 2. The molecule has 0 atom stereocenters. The Morgan fingerprint density at radius 2 is 2.19 bits per heavy atom. The predicted octanol–water partition coefficient (Wildman–Crippen LogP) is 2.17. The van der Waals surface area contributed by atoms with Gasteiger partial charge in [0.2, 0.25) is 0 Å². The molecule has 0 aliphatic rings. The summed E-state index contributed by atoms with van der Waals surface area (Å²) < 4.78 is 12.8. The Hall–Kier alpha value is -1.91. The lowest BCUT2D eigenvalue weighted by atomic mass is 10.4. The molecule has 16 heavy (non-hydrogen) atoms. The van der Waals surface area contributed by atoms with Gasteiger partial charge in [0.05, 0.1) is 30.3 Å². The monoisotopic (exact) mass is 220 g/mol. The molecule has 0 bridgehead atoms. The zero-order valence-corrected chi connectivity index (χ0v) is 9.21. The number of imidazole rings is 1. The van der Waals surface area contributed by atoms with Crippen LogP contribution in [0.1, 0.15) is 17.2 Å². The molecule has 2 aromatic rings. The minimum absolute atomic E-state index is 0.350. The standard InChI is InChI=1S/C11H13FN4/c1-7-8(2)16-11(15-7)6-14-10-3-9(12)4-13-5-10/h3-5,14H,6H2,1-2H3,(H,15,16). The zero-order valence-electron chi connectivity index (χ0n) is 9.21. The first kappa shape index (κ1) is 10.6. The zero-order chi connectivity index (χ0) is 11.5. The SMILES string of the molecule is Cc1nc(CNc2cncc(F)c2)[nH]c1C. The van der Waals surface area contributed by atoms with Gasteiger partial charge < -0.3 is 10.3 Å². The highest BCUT2D eigenvalue weighted by molar-refractivity contribution is 5.40. The van der Waals surface area contributed by atoms with Crippen LogP contribution in [0.4, 0.5) is 10.1 Å². The lowest BCUT2D eigenvalue weighted by molar-refractivity contribution is 0.622. The molecular formula is C11H13FN4. The van der Waals surface area contributed by atoms with Crippen LogP contribution in [0.5, 0.6) is 0 Å². The number of aromatic nitrogens is 3. The first-order valence-corrected chi connectivity index (χ1v) is 5.01. The molecule has 0 aromatic carbocycles. The fourth-order valence-electron chi connectivity index (χ4n) is 1.40. The maximum atomic E-state index is 12.8. The van der Waals surface area contributed by atoms with Crippen molar-refractivity contribution in [1.82, 2.24) is 15.0 Å². The minimum atomic E-state index is -0.350. The van der Waals surface area contributed by atoms with Crippen LogP contribution in [0.15, 0.2) is 18.5 Å². The van der Waals surface area contributed by atoms with E-state index >= 15 is 0 Å². The molecule has 5 heteroatoms. The first-order chi connectivity index (χ1) is 7.65.